The highest BCUT2D eigenvalue weighted by molar-refractivity contribution is 5.42. The minimum Gasteiger partial charge on any atom is -0.324 e. The molecule has 1 aromatic carbocycles. The summed E-state index contributed by atoms with van der Waals surface area (Å²) in [6.45, 7) is 1.79. The lowest BCUT2D eigenvalue weighted by Gasteiger charge is -2.09. The van der Waals surface area contributed by atoms with Crippen molar-refractivity contribution in [2.45, 2.75) is 19.4 Å². The maximum atomic E-state index is 12.8. The van der Waals surface area contributed by atoms with E-state index in [1.54, 1.807) is 6.92 Å². The number of rotatable bonds is 3. The number of nitrogens with zero attached hydrogens (tertiary/aromatic N) is 1. The average molecular weight is 198 g/mol. The van der Waals surface area contributed by atoms with Gasteiger partial charge in [0.15, 0.2) is 0 Å². The largest absolute Gasteiger partial charge is 0.324 e. The first-order chi connectivity index (χ1) is 6.56. The highest BCUT2D eigenvalue weighted by Crippen LogP contribution is 2.25. The second-order valence-corrected chi connectivity index (χ2v) is 2.97. The van der Waals surface area contributed by atoms with E-state index in [-0.39, 0.29) is 11.3 Å². The van der Waals surface area contributed by atoms with E-state index in [9.17, 15) is 14.5 Å². The van der Waals surface area contributed by atoms with Gasteiger partial charge >= 0.3 is 0 Å². The summed E-state index contributed by atoms with van der Waals surface area (Å²) >= 11 is 0. The number of nitrogens with two attached hydrogens (primary N) is 1. The molecule has 1 atom stereocenters. The smallest absolute Gasteiger partial charge is 0.274 e. The summed E-state index contributed by atoms with van der Waals surface area (Å²) in [5.74, 6) is -0.505. The van der Waals surface area contributed by atoms with Crippen LogP contribution in [0, 0.1) is 15.9 Å². The van der Waals surface area contributed by atoms with Gasteiger partial charge < -0.3 is 5.73 Å². The summed E-state index contributed by atoms with van der Waals surface area (Å²) in [5.41, 5.74) is 5.75. The predicted molar refractivity (Wildman–Crippen MR) is 50.3 cm³/mol. The van der Waals surface area contributed by atoms with Crippen molar-refractivity contribution in [1.29, 1.82) is 0 Å². The summed E-state index contributed by atoms with van der Waals surface area (Å²) in [7, 11) is 0. The van der Waals surface area contributed by atoms with Gasteiger partial charge in [-0.15, -0.1) is 0 Å². The standard InChI is InChI=1S/C9H11FN2O2/c1-2-8(11)7-5-6(10)3-4-9(7)12(13)14/h3-5,8H,2,11H2,1H3. The van der Waals surface area contributed by atoms with Crippen molar-refractivity contribution in [2.24, 2.45) is 5.73 Å². The lowest BCUT2D eigenvalue weighted by Crippen LogP contribution is -2.11. The van der Waals surface area contributed by atoms with Crippen molar-refractivity contribution in [1.82, 2.24) is 0 Å². The molecule has 1 aromatic rings. The first-order valence-corrected chi connectivity index (χ1v) is 4.25. The third kappa shape index (κ3) is 2.05. The van der Waals surface area contributed by atoms with E-state index in [0.717, 1.165) is 18.2 Å². The monoisotopic (exact) mass is 198 g/mol. The third-order valence-corrected chi connectivity index (χ3v) is 2.03. The van der Waals surface area contributed by atoms with Crippen LogP contribution in [-0.2, 0) is 0 Å². The van der Waals surface area contributed by atoms with Crippen LogP contribution in [-0.4, -0.2) is 4.92 Å². The average Bonchev–Trinajstić information content (AvgIpc) is 2.16. The van der Waals surface area contributed by atoms with Crippen LogP contribution in [0.1, 0.15) is 24.9 Å². The number of nitro groups is 1. The first-order valence-electron chi connectivity index (χ1n) is 4.25. The molecule has 76 valence electrons. The molecule has 0 radical (unpaired) electrons. The Bertz CT molecular complexity index is 355. The van der Waals surface area contributed by atoms with E-state index >= 15 is 0 Å². The summed E-state index contributed by atoms with van der Waals surface area (Å²) in [6, 6.07) is 2.82. The molecule has 0 saturated heterocycles. The predicted octanol–water partition coefficient (Wildman–Crippen LogP) is 2.14. The van der Waals surface area contributed by atoms with Gasteiger partial charge in [0.1, 0.15) is 5.82 Å². The molecule has 0 aliphatic carbocycles. The van der Waals surface area contributed by atoms with E-state index < -0.39 is 16.8 Å². The van der Waals surface area contributed by atoms with Crippen molar-refractivity contribution in [3.8, 4) is 0 Å². The quantitative estimate of drug-likeness (QED) is 0.597. The molecule has 0 fully saturated rings. The number of nitro benzene ring substituents is 1. The minimum atomic E-state index is -0.551. The van der Waals surface area contributed by atoms with Crippen molar-refractivity contribution in [2.75, 3.05) is 0 Å². The summed E-state index contributed by atoms with van der Waals surface area (Å²) in [4.78, 5) is 10.0. The van der Waals surface area contributed by atoms with Crippen LogP contribution in [0.4, 0.5) is 10.1 Å². The molecule has 2 N–H and O–H groups in total. The normalized spacial score (nSPS) is 12.5. The minimum absolute atomic E-state index is 0.124. The fourth-order valence-electron chi connectivity index (χ4n) is 1.21. The van der Waals surface area contributed by atoms with Crippen LogP contribution < -0.4 is 5.73 Å². The van der Waals surface area contributed by atoms with Crippen LogP contribution in [0.25, 0.3) is 0 Å². The van der Waals surface area contributed by atoms with Crippen LogP contribution >= 0.6 is 0 Å². The van der Waals surface area contributed by atoms with Gasteiger partial charge in [0.05, 0.1) is 4.92 Å². The van der Waals surface area contributed by atoms with Crippen LogP contribution in [0.3, 0.4) is 0 Å². The molecule has 4 nitrogen and oxygen atoms in total. The number of halogens is 1. The van der Waals surface area contributed by atoms with Crippen molar-refractivity contribution < 1.29 is 9.31 Å². The van der Waals surface area contributed by atoms with E-state index in [2.05, 4.69) is 0 Å². The van der Waals surface area contributed by atoms with Gasteiger partial charge in [-0.1, -0.05) is 6.92 Å². The molecule has 14 heavy (non-hydrogen) atoms. The fraction of sp³-hybridized carbons (Fsp3) is 0.333. The molecule has 0 amide bonds. The molecule has 0 bridgehead atoms. The molecule has 0 aliphatic heterocycles. The number of benzene rings is 1. The Morgan fingerprint density at radius 3 is 2.79 bits per heavy atom. The Labute approximate surface area is 80.7 Å². The molecule has 0 aliphatic rings. The molecule has 1 unspecified atom stereocenters. The molecule has 0 heterocycles. The van der Waals surface area contributed by atoms with Crippen LogP contribution in [0.15, 0.2) is 18.2 Å². The topological polar surface area (TPSA) is 69.2 Å². The number of hydrogen-bond acceptors (Lipinski definition) is 3. The van der Waals surface area contributed by atoms with Crippen molar-refractivity contribution in [3.05, 3.63) is 39.7 Å². The van der Waals surface area contributed by atoms with E-state index in [1.807, 2.05) is 0 Å². The molecule has 0 spiro atoms. The molecule has 0 aromatic heterocycles. The van der Waals surface area contributed by atoms with Gasteiger partial charge in [-0.2, -0.15) is 0 Å². The molecule has 1 rings (SSSR count). The second kappa shape index (κ2) is 4.15. The van der Waals surface area contributed by atoms with Gasteiger partial charge in [-0.25, -0.2) is 4.39 Å². The Kier molecular flexibility index (Phi) is 3.14. The Balaban J connectivity index is 3.22. The SMILES string of the molecule is CCC(N)c1cc(F)ccc1[N+](=O)[O-]. The zero-order chi connectivity index (χ0) is 10.7. The van der Waals surface area contributed by atoms with E-state index in [4.69, 9.17) is 5.73 Å². The van der Waals surface area contributed by atoms with Crippen molar-refractivity contribution in [3.63, 3.8) is 0 Å². The highest BCUT2D eigenvalue weighted by Gasteiger charge is 2.18. The van der Waals surface area contributed by atoms with Gasteiger partial charge in [0.2, 0.25) is 0 Å². The summed E-state index contributed by atoms with van der Waals surface area (Å²) in [5, 5.41) is 10.6. The Morgan fingerprint density at radius 2 is 2.29 bits per heavy atom. The van der Waals surface area contributed by atoms with Gasteiger partial charge in [-0.05, 0) is 18.6 Å². The van der Waals surface area contributed by atoms with E-state index in [0.29, 0.717) is 6.42 Å². The first kappa shape index (κ1) is 10.6. The molecular weight excluding hydrogens is 187 g/mol. The zero-order valence-electron chi connectivity index (χ0n) is 7.74. The maximum Gasteiger partial charge on any atom is 0.274 e. The van der Waals surface area contributed by atoms with Crippen LogP contribution in [0.2, 0.25) is 0 Å². The Morgan fingerprint density at radius 1 is 1.64 bits per heavy atom. The van der Waals surface area contributed by atoms with Crippen LogP contribution in [0.5, 0.6) is 0 Å². The molecular formula is C9H11FN2O2. The molecule has 0 saturated carbocycles. The fourth-order valence-corrected chi connectivity index (χ4v) is 1.21. The summed E-state index contributed by atoms with van der Waals surface area (Å²) < 4.78 is 12.8. The van der Waals surface area contributed by atoms with Gasteiger partial charge in [0, 0.05) is 17.7 Å². The van der Waals surface area contributed by atoms with Gasteiger partial charge in [0.25, 0.3) is 5.69 Å². The zero-order valence-corrected chi connectivity index (χ0v) is 7.74. The van der Waals surface area contributed by atoms with E-state index in [1.165, 1.54) is 0 Å². The lowest BCUT2D eigenvalue weighted by molar-refractivity contribution is -0.385. The van der Waals surface area contributed by atoms with Crippen molar-refractivity contribution >= 4 is 5.69 Å². The highest BCUT2D eigenvalue weighted by atomic mass is 19.1. The maximum absolute atomic E-state index is 12.8. The summed E-state index contributed by atoms with van der Waals surface area (Å²) in [6.07, 6.45) is 0.532. The number of hydrogen-bond donors (Lipinski definition) is 1. The Hall–Kier alpha value is -1.49. The van der Waals surface area contributed by atoms with Gasteiger partial charge in [-0.3, -0.25) is 10.1 Å². The second-order valence-electron chi connectivity index (χ2n) is 2.97. The lowest BCUT2D eigenvalue weighted by atomic mass is 10.0. The molecule has 5 heteroatoms. The third-order valence-electron chi connectivity index (χ3n) is 2.03.